The molecule has 2 aliphatic carbocycles. The molecule has 20 heavy (non-hydrogen) atoms. The molecule has 0 radical (unpaired) electrons. The minimum absolute atomic E-state index is 0.145. The van der Waals surface area contributed by atoms with Crippen molar-refractivity contribution in [3.63, 3.8) is 0 Å². The largest absolute Gasteiger partial charge is 0.381 e. The van der Waals surface area contributed by atoms with Gasteiger partial charge in [0.15, 0.2) is 0 Å². The van der Waals surface area contributed by atoms with Crippen LogP contribution in [0.2, 0.25) is 0 Å². The van der Waals surface area contributed by atoms with Crippen molar-refractivity contribution in [2.75, 3.05) is 7.11 Å². The molecule has 3 rings (SSSR count). The molecule has 2 fully saturated rings. The maximum atomic E-state index is 12.3. The summed E-state index contributed by atoms with van der Waals surface area (Å²) in [5, 5.41) is 0. The third-order valence-corrected chi connectivity index (χ3v) is 5.90. The van der Waals surface area contributed by atoms with Crippen LogP contribution >= 0.6 is 0 Å². The van der Waals surface area contributed by atoms with E-state index in [0.29, 0.717) is 5.92 Å². The smallest absolute Gasteiger partial charge is 0.297 e. The molecule has 0 saturated heterocycles. The van der Waals surface area contributed by atoms with Gasteiger partial charge in [-0.25, -0.2) is 0 Å². The van der Waals surface area contributed by atoms with Crippen LogP contribution in [0.3, 0.4) is 0 Å². The predicted octanol–water partition coefficient (Wildman–Crippen LogP) is 2.51. The van der Waals surface area contributed by atoms with Crippen LogP contribution in [0.15, 0.2) is 29.2 Å². The third kappa shape index (κ3) is 2.50. The van der Waals surface area contributed by atoms with Crippen molar-refractivity contribution in [2.24, 2.45) is 11.8 Å². The van der Waals surface area contributed by atoms with Crippen molar-refractivity contribution in [1.82, 2.24) is 0 Å². The zero-order valence-corrected chi connectivity index (χ0v) is 12.6. The highest BCUT2D eigenvalue weighted by Gasteiger charge is 2.48. The standard InChI is InChI=1S/C15H20O4S/c1-10-3-5-12(6-4-10)20(16,17)19-15-9-11-7-13(15)14(8-11)18-2/h3-6,11,13-15H,7-9H2,1-2H3/t11-,13-,14-,15-/m0/s1. The van der Waals surface area contributed by atoms with Crippen LogP contribution in [-0.2, 0) is 19.0 Å². The van der Waals surface area contributed by atoms with E-state index < -0.39 is 10.1 Å². The molecule has 0 heterocycles. The molecule has 0 amide bonds. The average molecular weight is 296 g/mol. The maximum absolute atomic E-state index is 12.3. The van der Waals surface area contributed by atoms with E-state index in [9.17, 15) is 8.42 Å². The van der Waals surface area contributed by atoms with E-state index in [1.807, 2.05) is 6.92 Å². The van der Waals surface area contributed by atoms with E-state index in [4.69, 9.17) is 8.92 Å². The molecule has 1 aromatic carbocycles. The summed E-state index contributed by atoms with van der Waals surface area (Å²) in [5.41, 5.74) is 1.03. The van der Waals surface area contributed by atoms with Crippen molar-refractivity contribution < 1.29 is 17.3 Å². The Bertz CT molecular complexity index is 578. The molecule has 2 aliphatic rings. The lowest BCUT2D eigenvalue weighted by molar-refractivity contribution is 0.00513. The molecule has 4 nitrogen and oxygen atoms in total. The van der Waals surface area contributed by atoms with Gasteiger partial charge in [0.25, 0.3) is 10.1 Å². The van der Waals surface area contributed by atoms with Crippen molar-refractivity contribution in [3.8, 4) is 0 Å². The highest BCUT2D eigenvalue weighted by atomic mass is 32.2. The Balaban J connectivity index is 1.76. The van der Waals surface area contributed by atoms with Gasteiger partial charge in [-0.2, -0.15) is 8.42 Å². The lowest BCUT2D eigenvalue weighted by Crippen LogP contribution is -2.33. The highest BCUT2D eigenvalue weighted by Crippen LogP contribution is 2.48. The number of ether oxygens (including phenoxy) is 1. The molecule has 2 bridgehead atoms. The van der Waals surface area contributed by atoms with E-state index in [-0.39, 0.29) is 23.0 Å². The summed E-state index contributed by atoms with van der Waals surface area (Å²) in [4.78, 5) is 0.236. The highest BCUT2D eigenvalue weighted by molar-refractivity contribution is 7.86. The molecule has 1 aromatic rings. The Morgan fingerprint density at radius 1 is 1.05 bits per heavy atom. The number of fused-ring (bicyclic) bond motifs is 2. The fourth-order valence-electron chi connectivity index (χ4n) is 3.53. The van der Waals surface area contributed by atoms with Gasteiger partial charge in [-0.15, -0.1) is 0 Å². The van der Waals surface area contributed by atoms with Gasteiger partial charge in [-0.3, -0.25) is 4.18 Å². The summed E-state index contributed by atoms with van der Waals surface area (Å²) in [6.07, 6.45) is 2.80. The second-order valence-electron chi connectivity index (χ2n) is 5.91. The molecule has 0 unspecified atom stereocenters. The van der Waals surface area contributed by atoms with Crippen LogP contribution in [0.5, 0.6) is 0 Å². The number of methoxy groups -OCH3 is 1. The first-order chi connectivity index (χ1) is 9.49. The Morgan fingerprint density at radius 3 is 2.30 bits per heavy atom. The second-order valence-corrected chi connectivity index (χ2v) is 7.49. The number of rotatable bonds is 4. The molecule has 0 N–H and O–H groups in total. The van der Waals surface area contributed by atoms with Crippen molar-refractivity contribution >= 4 is 10.1 Å². The first-order valence-corrected chi connectivity index (χ1v) is 8.43. The Hall–Kier alpha value is -0.910. The quantitative estimate of drug-likeness (QED) is 0.801. The zero-order chi connectivity index (χ0) is 14.3. The maximum Gasteiger partial charge on any atom is 0.297 e. The van der Waals surface area contributed by atoms with Crippen LogP contribution in [-0.4, -0.2) is 27.7 Å². The second kappa shape index (κ2) is 5.13. The number of hydrogen-bond donors (Lipinski definition) is 0. The summed E-state index contributed by atoms with van der Waals surface area (Å²) in [6.45, 7) is 1.93. The molecular formula is C15H20O4S. The number of benzene rings is 1. The normalized spacial score (nSPS) is 32.7. The fraction of sp³-hybridized carbons (Fsp3) is 0.600. The van der Waals surface area contributed by atoms with Gasteiger partial charge in [-0.1, -0.05) is 17.7 Å². The summed E-state index contributed by atoms with van der Waals surface area (Å²) in [7, 11) is -1.98. The zero-order valence-electron chi connectivity index (χ0n) is 11.8. The lowest BCUT2D eigenvalue weighted by Gasteiger charge is -2.27. The first kappa shape index (κ1) is 14.0. The van der Waals surface area contributed by atoms with Crippen molar-refractivity contribution in [1.29, 1.82) is 0 Å². The first-order valence-electron chi connectivity index (χ1n) is 7.02. The molecule has 0 aromatic heterocycles. The minimum atomic E-state index is -3.67. The van der Waals surface area contributed by atoms with Crippen LogP contribution in [0.4, 0.5) is 0 Å². The number of aryl methyl sites for hydroxylation is 1. The van der Waals surface area contributed by atoms with Crippen LogP contribution in [0.25, 0.3) is 0 Å². The van der Waals surface area contributed by atoms with E-state index in [1.165, 1.54) is 0 Å². The SMILES string of the molecule is CO[C@H]1C[C@@H]2C[C@@H]1[C@@H](OS(=O)(=O)c1ccc(C)cc1)C2. The third-order valence-electron chi connectivity index (χ3n) is 4.55. The van der Waals surface area contributed by atoms with E-state index in [0.717, 1.165) is 24.8 Å². The van der Waals surface area contributed by atoms with Gasteiger partial charge >= 0.3 is 0 Å². The Labute approximate surface area is 120 Å². The number of hydrogen-bond acceptors (Lipinski definition) is 4. The van der Waals surface area contributed by atoms with Gasteiger partial charge in [0.2, 0.25) is 0 Å². The fourth-order valence-corrected chi connectivity index (χ4v) is 4.66. The molecule has 0 spiro atoms. The lowest BCUT2D eigenvalue weighted by atomic mass is 9.95. The summed E-state index contributed by atoms with van der Waals surface area (Å²) in [5.74, 6) is 0.758. The van der Waals surface area contributed by atoms with Gasteiger partial charge in [-0.05, 0) is 44.2 Å². The predicted molar refractivity (Wildman–Crippen MR) is 74.9 cm³/mol. The summed E-state index contributed by atoms with van der Waals surface area (Å²) < 4.78 is 35.5. The van der Waals surface area contributed by atoms with Gasteiger partial charge in [0.05, 0.1) is 17.1 Å². The monoisotopic (exact) mass is 296 g/mol. The van der Waals surface area contributed by atoms with Gasteiger partial charge in [0.1, 0.15) is 0 Å². The Kier molecular flexibility index (Phi) is 3.60. The topological polar surface area (TPSA) is 52.6 Å². The van der Waals surface area contributed by atoms with E-state index in [2.05, 4.69) is 0 Å². The molecule has 5 heteroatoms. The molecular weight excluding hydrogens is 276 g/mol. The average Bonchev–Trinajstić information content (AvgIpc) is 2.97. The molecule has 110 valence electrons. The van der Waals surface area contributed by atoms with E-state index >= 15 is 0 Å². The van der Waals surface area contributed by atoms with Gasteiger partial charge < -0.3 is 4.74 Å². The van der Waals surface area contributed by atoms with E-state index in [1.54, 1.807) is 31.4 Å². The van der Waals surface area contributed by atoms with Crippen molar-refractivity contribution in [2.45, 2.75) is 43.3 Å². The minimum Gasteiger partial charge on any atom is -0.381 e. The van der Waals surface area contributed by atoms with Crippen molar-refractivity contribution in [3.05, 3.63) is 29.8 Å². The summed E-state index contributed by atoms with van der Waals surface area (Å²) in [6, 6.07) is 6.78. The molecule has 2 saturated carbocycles. The molecule has 0 aliphatic heterocycles. The van der Waals surface area contributed by atoms with Crippen LogP contribution < -0.4 is 0 Å². The molecule has 4 atom stereocenters. The van der Waals surface area contributed by atoms with Crippen LogP contribution in [0.1, 0.15) is 24.8 Å². The summed E-state index contributed by atoms with van der Waals surface area (Å²) >= 11 is 0. The Morgan fingerprint density at radius 2 is 1.70 bits per heavy atom. The van der Waals surface area contributed by atoms with Gasteiger partial charge in [0, 0.05) is 13.0 Å². The van der Waals surface area contributed by atoms with Crippen LogP contribution in [0, 0.1) is 18.8 Å².